The van der Waals surface area contributed by atoms with Crippen LogP contribution in [-0.4, -0.2) is 38.6 Å². The molecule has 0 bridgehead atoms. The zero-order valence-electron chi connectivity index (χ0n) is 14.3. The van der Waals surface area contributed by atoms with Crippen molar-refractivity contribution in [2.24, 2.45) is 5.92 Å². The van der Waals surface area contributed by atoms with Gasteiger partial charge in [-0.15, -0.1) is 0 Å². The standard InChI is InChI=1S/C17H23NO5S/c1-10(2)5-12(9-19)18-17(20)15-7-11-6-13(21-3)14(22-4)8-16(11)24-23-15/h6,8-10,12,15H,5,7H2,1-4H3,(H,18,20)/t12-,15?/m0/s1. The summed E-state index contributed by atoms with van der Waals surface area (Å²) in [6.45, 7) is 4.01. The lowest BCUT2D eigenvalue weighted by Gasteiger charge is -2.25. The van der Waals surface area contributed by atoms with E-state index in [9.17, 15) is 9.59 Å². The number of amides is 1. The van der Waals surface area contributed by atoms with Crippen molar-refractivity contribution in [3.8, 4) is 11.5 Å². The second kappa shape index (κ2) is 8.39. The molecule has 1 aromatic carbocycles. The third-order valence-electron chi connectivity index (χ3n) is 3.74. The molecule has 1 N–H and O–H groups in total. The van der Waals surface area contributed by atoms with E-state index in [0.717, 1.165) is 28.8 Å². The molecule has 0 radical (unpaired) electrons. The Kier molecular flexibility index (Phi) is 6.51. The van der Waals surface area contributed by atoms with E-state index in [4.69, 9.17) is 13.7 Å². The summed E-state index contributed by atoms with van der Waals surface area (Å²) in [7, 11) is 3.14. The van der Waals surface area contributed by atoms with Gasteiger partial charge in [0.05, 0.1) is 20.3 Å². The van der Waals surface area contributed by atoms with E-state index in [0.29, 0.717) is 30.3 Å². The van der Waals surface area contributed by atoms with E-state index in [2.05, 4.69) is 5.32 Å². The van der Waals surface area contributed by atoms with E-state index < -0.39 is 12.1 Å². The summed E-state index contributed by atoms with van der Waals surface area (Å²) in [4.78, 5) is 24.4. The second-order valence-corrected chi connectivity index (χ2v) is 6.87. The van der Waals surface area contributed by atoms with Crippen LogP contribution in [0.3, 0.4) is 0 Å². The van der Waals surface area contributed by atoms with Gasteiger partial charge in [0, 0.05) is 29.4 Å². The lowest BCUT2D eigenvalue weighted by Crippen LogP contribution is -2.44. The maximum Gasteiger partial charge on any atom is 0.251 e. The Morgan fingerprint density at radius 3 is 2.62 bits per heavy atom. The summed E-state index contributed by atoms with van der Waals surface area (Å²) in [6, 6.07) is 3.20. The summed E-state index contributed by atoms with van der Waals surface area (Å²) in [5.41, 5.74) is 0.954. The van der Waals surface area contributed by atoms with Crippen LogP contribution >= 0.6 is 12.0 Å². The average molecular weight is 353 g/mol. The molecule has 0 spiro atoms. The number of nitrogens with one attached hydrogen (secondary N) is 1. The Labute approximate surface area is 146 Å². The zero-order valence-corrected chi connectivity index (χ0v) is 15.1. The van der Waals surface area contributed by atoms with Crippen molar-refractivity contribution in [3.63, 3.8) is 0 Å². The number of aldehydes is 1. The van der Waals surface area contributed by atoms with Crippen molar-refractivity contribution < 1.29 is 23.2 Å². The number of hydrogen-bond acceptors (Lipinski definition) is 6. The molecule has 0 aliphatic carbocycles. The maximum atomic E-state index is 12.4. The van der Waals surface area contributed by atoms with Crippen LogP contribution < -0.4 is 14.8 Å². The monoisotopic (exact) mass is 353 g/mol. The van der Waals surface area contributed by atoms with Gasteiger partial charge in [0.1, 0.15) is 6.29 Å². The molecule has 2 rings (SSSR count). The summed E-state index contributed by atoms with van der Waals surface area (Å²) < 4.78 is 16.2. The van der Waals surface area contributed by atoms with Gasteiger partial charge in [-0.1, -0.05) is 13.8 Å². The number of carbonyl (C=O) groups is 2. The molecule has 2 atom stereocenters. The zero-order chi connectivity index (χ0) is 17.7. The van der Waals surface area contributed by atoms with Crippen LogP contribution in [0.2, 0.25) is 0 Å². The predicted octanol–water partition coefficient (Wildman–Crippen LogP) is 2.38. The molecule has 1 aromatic rings. The first-order valence-corrected chi connectivity index (χ1v) is 8.56. The minimum absolute atomic E-state index is 0.277. The Bertz CT molecular complexity index is 605. The van der Waals surface area contributed by atoms with Crippen LogP contribution in [0.4, 0.5) is 0 Å². The Hall–Kier alpha value is -1.73. The predicted molar refractivity (Wildman–Crippen MR) is 91.4 cm³/mol. The normalized spacial score (nSPS) is 17.8. The molecule has 1 aliphatic heterocycles. The molecule has 0 saturated heterocycles. The summed E-state index contributed by atoms with van der Waals surface area (Å²) in [5, 5.41) is 2.75. The summed E-state index contributed by atoms with van der Waals surface area (Å²) in [6.07, 6.45) is 1.16. The molecule has 1 amide bonds. The van der Waals surface area contributed by atoms with Crippen molar-refractivity contribution in [1.29, 1.82) is 0 Å². The fourth-order valence-electron chi connectivity index (χ4n) is 2.55. The fourth-order valence-corrected chi connectivity index (χ4v) is 3.33. The summed E-state index contributed by atoms with van der Waals surface area (Å²) in [5.74, 6) is 1.27. The number of hydrogen-bond donors (Lipinski definition) is 1. The van der Waals surface area contributed by atoms with Gasteiger partial charge in [-0.2, -0.15) is 0 Å². The van der Waals surface area contributed by atoms with E-state index in [1.54, 1.807) is 14.2 Å². The lowest BCUT2D eigenvalue weighted by atomic mass is 10.0. The number of benzene rings is 1. The maximum absolute atomic E-state index is 12.4. The van der Waals surface area contributed by atoms with E-state index in [-0.39, 0.29) is 5.91 Å². The van der Waals surface area contributed by atoms with Gasteiger partial charge >= 0.3 is 0 Å². The van der Waals surface area contributed by atoms with Gasteiger partial charge in [-0.25, -0.2) is 0 Å². The average Bonchev–Trinajstić information content (AvgIpc) is 2.58. The van der Waals surface area contributed by atoms with Crippen LogP contribution in [0, 0.1) is 5.92 Å². The van der Waals surface area contributed by atoms with E-state index in [1.807, 2.05) is 26.0 Å². The Balaban J connectivity index is 2.08. The van der Waals surface area contributed by atoms with Gasteiger partial charge in [0.2, 0.25) is 0 Å². The first kappa shape index (κ1) is 18.6. The van der Waals surface area contributed by atoms with E-state index in [1.165, 1.54) is 0 Å². The fraction of sp³-hybridized carbons (Fsp3) is 0.529. The molecule has 1 unspecified atom stereocenters. The molecule has 0 saturated carbocycles. The lowest BCUT2D eigenvalue weighted by molar-refractivity contribution is -0.130. The van der Waals surface area contributed by atoms with Crippen molar-refractivity contribution in [3.05, 3.63) is 17.7 Å². The highest BCUT2D eigenvalue weighted by Crippen LogP contribution is 2.39. The first-order chi connectivity index (χ1) is 11.5. The van der Waals surface area contributed by atoms with E-state index >= 15 is 0 Å². The number of carbonyl (C=O) groups excluding carboxylic acids is 2. The molecule has 132 valence electrons. The van der Waals surface area contributed by atoms with Crippen LogP contribution in [0.25, 0.3) is 0 Å². The van der Waals surface area contributed by atoms with Gasteiger partial charge in [0.15, 0.2) is 17.6 Å². The number of methoxy groups -OCH3 is 2. The van der Waals surface area contributed by atoms with Crippen LogP contribution in [-0.2, 0) is 20.2 Å². The minimum Gasteiger partial charge on any atom is -0.493 e. The van der Waals surface area contributed by atoms with Crippen molar-refractivity contribution in [2.75, 3.05) is 14.2 Å². The minimum atomic E-state index is -0.643. The highest BCUT2D eigenvalue weighted by Gasteiger charge is 2.29. The smallest absolute Gasteiger partial charge is 0.251 e. The molecule has 7 heteroatoms. The highest BCUT2D eigenvalue weighted by molar-refractivity contribution is 7.94. The highest BCUT2D eigenvalue weighted by atomic mass is 32.2. The molecule has 0 aromatic heterocycles. The third-order valence-corrected chi connectivity index (χ3v) is 4.62. The third kappa shape index (κ3) is 4.42. The second-order valence-electron chi connectivity index (χ2n) is 6.07. The molecule has 1 heterocycles. The van der Waals surface area contributed by atoms with Crippen LogP contribution in [0.5, 0.6) is 11.5 Å². The van der Waals surface area contributed by atoms with Crippen LogP contribution in [0.15, 0.2) is 17.0 Å². The van der Waals surface area contributed by atoms with Gasteiger partial charge < -0.3 is 19.6 Å². The Morgan fingerprint density at radius 2 is 2.04 bits per heavy atom. The molecule has 24 heavy (non-hydrogen) atoms. The number of rotatable bonds is 7. The SMILES string of the molecule is COc1cc2c(cc1OC)SOC(C(=O)N[C@H](C=O)CC(C)C)C2. The molecule has 6 nitrogen and oxygen atoms in total. The number of fused-ring (bicyclic) bond motifs is 1. The van der Waals surface area contributed by atoms with Gasteiger partial charge in [-0.3, -0.25) is 8.98 Å². The van der Waals surface area contributed by atoms with Crippen molar-refractivity contribution >= 4 is 24.2 Å². The quantitative estimate of drug-likeness (QED) is 0.599. The van der Waals surface area contributed by atoms with Crippen molar-refractivity contribution in [1.82, 2.24) is 5.32 Å². The molecule has 0 fully saturated rings. The molecular formula is C17H23NO5S. The molecule has 1 aliphatic rings. The largest absolute Gasteiger partial charge is 0.493 e. The first-order valence-electron chi connectivity index (χ1n) is 7.82. The molecular weight excluding hydrogens is 330 g/mol. The summed E-state index contributed by atoms with van der Waals surface area (Å²) >= 11 is 1.14. The number of ether oxygens (including phenoxy) is 2. The van der Waals surface area contributed by atoms with Gasteiger partial charge in [-0.05, 0) is 24.0 Å². The van der Waals surface area contributed by atoms with Crippen LogP contribution in [0.1, 0.15) is 25.8 Å². The van der Waals surface area contributed by atoms with Gasteiger partial charge in [0.25, 0.3) is 5.91 Å². The van der Waals surface area contributed by atoms with Crippen molar-refractivity contribution in [2.45, 2.75) is 43.7 Å². The Morgan fingerprint density at radius 1 is 1.38 bits per heavy atom. The topological polar surface area (TPSA) is 73.9 Å².